The van der Waals surface area contributed by atoms with Crippen molar-refractivity contribution < 1.29 is 19.3 Å². The zero-order chi connectivity index (χ0) is 26.8. The summed E-state index contributed by atoms with van der Waals surface area (Å²) in [5.74, 6) is 1.96. The molecule has 37 heavy (non-hydrogen) atoms. The molecule has 2 heterocycles. The van der Waals surface area contributed by atoms with E-state index in [1.54, 1.807) is 0 Å². The maximum Gasteiger partial charge on any atom is 0.287 e. The number of aryl methyl sites for hydroxylation is 1. The molecule has 0 bridgehead atoms. The lowest BCUT2D eigenvalue weighted by molar-refractivity contribution is -0.385. The molecule has 0 N–H and O–H groups in total. The van der Waals surface area contributed by atoms with Crippen LogP contribution in [0.2, 0.25) is 0 Å². The topological polar surface area (TPSA) is 131 Å². The normalized spacial score (nSPS) is 11.0. The molecule has 4 rings (SSSR count). The second-order valence-corrected chi connectivity index (χ2v) is 8.98. The van der Waals surface area contributed by atoms with Crippen molar-refractivity contribution in [3.63, 3.8) is 0 Å². The summed E-state index contributed by atoms with van der Waals surface area (Å²) in [7, 11) is 0. The van der Waals surface area contributed by atoms with Gasteiger partial charge in [0.15, 0.2) is 0 Å². The summed E-state index contributed by atoms with van der Waals surface area (Å²) in [5, 5.41) is 21.0. The van der Waals surface area contributed by atoms with Gasteiger partial charge in [-0.25, -0.2) is 9.97 Å². The number of alkyl halides is 1. The first kappa shape index (κ1) is 27.2. The van der Waals surface area contributed by atoms with Gasteiger partial charge in [0, 0.05) is 29.1 Å². The van der Waals surface area contributed by atoms with Crippen LogP contribution in [-0.2, 0) is 6.42 Å². The van der Waals surface area contributed by atoms with E-state index >= 15 is 0 Å². The van der Waals surface area contributed by atoms with Crippen LogP contribution in [0.4, 0.5) is 11.4 Å². The van der Waals surface area contributed by atoms with E-state index in [9.17, 15) is 20.2 Å². The molecule has 0 spiro atoms. The predicted molar refractivity (Wildman–Crippen MR) is 142 cm³/mol. The summed E-state index contributed by atoms with van der Waals surface area (Å²) in [5.41, 5.74) is 2.25. The number of ether oxygens (including phenoxy) is 2. The summed E-state index contributed by atoms with van der Waals surface area (Å²) < 4.78 is 11.0. The minimum absolute atomic E-state index is 0.0521. The first-order chi connectivity index (χ1) is 17.7. The molecule has 10 nitrogen and oxygen atoms in total. The Balaban J connectivity index is 0.000000206. The quantitative estimate of drug-likeness (QED) is 0.121. The molecule has 190 valence electrons. The predicted octanol–water partition coefficient (Wildman–Crippen LogP) is 7.58. The van der Waals surface area contributed by atoms with Gasteiger partial charge < -0.3 is 9.47 Å². The maximum atomic E-state index is 10.5. The molecule has 0 radical (unpaired) electrons. The van der Waals surface area contributed by atoms with Gasteiger partial charge in [0.25, 0.3) is 11.4 Å². The van der Waals surface area contributed by atoms with Crippen LogP contribution in [0.15, 0.2) is 85.2 Å². The molecule has 2 aromatic heterocycles. The van der Waals surface area contributed by atoms with Crippen LogP contribution >= 0.6 is 15.9 Å². The van der Waals surface area contributed by atoms with Gasteiger partial charge in [0.2, 0.25) is 11.8 Å². The van der Waals surface area contributed by atoms with Crippen LogP contribution in [-0.4, -0.2) is 19.8 Å². The Morgan fingerprint density at radius 1 is 0.757 bits per heavy atom. The Morgan fingerprint density at radius 3 is 1.51 bits per heavy atom. The largest absolute Gasteiger partial charge is 0.439 e. The van der Waals surface area contributed by atoms with Gasteiger partial charge in [-0.15, -0.1) is 0 Å². The van der Waals surface area contributed by atoms with E-state index in [2.05, 4.69) is 32.8 Å². The zero-order valence-electron chi connectivity index (χ0n) is 20.0. The van der Waals surface area contributed by atoms with E-state index in [0.29, 0.717) is 23.3 Å². The van der Waals surface area contributed by atoms with Crippen LogP contribution in [0.1, 0.15) is 29.8 Å². The van der Waals surface area contributed by atoms with Gasteiger partial charge >= 0.3 is 0 Å². The second-order valence-electron chi connectivity index (χ2n) is 7.61. The molecular weight excluding hydrogens is 544 g/mol. The summed E-state index contributed by atoms with van der Waals surface area (Å²) in [6.07, 6.45) is 3.32. The lowest BCUT2D eigenvalue weighted by Gasteiger charge is -2.06. The van der Waals surface area contributed by atoms with E-state index < -0.39 is 9.85 Å². The molecule has 1 atom stereocenters. The molecule has 11 heteroatoms. The fraction of sp³-hybridized carbons (Fsp3) is 0.154. The van der Waals surface area contributed by atoms with Gasteiger partial charge in [-0.3, -0.25) is 20.2 Å². The number of hydrogen-bond donors (Lipinski definition) is 0. The molecule has 0 saturated heterocycles. The van der Waals surface area contributed by atoms with Crippen molar-refractivity contribution in [2.75, 3.05) is 0 Å². The highest BCUT2D eigenvalue weighted by Gasteiger charge is 2.08. The van der Waals surface area contributed by atoms with E-state index in [1.165, 1.54) is 42.2 Å². The van der Waals surface area contributed by atoms with Crippen LogP contribution in [0.25, 0.3) is 0 Å². The number of hydrogen-bond acceptors (Lipinski definition) is 8. The molecule has 0 aliphatic carbocycles. The smallest absolute Gasteiger partial charge is 0.287 e. The third kappa shape index (κ3) is 8.36. The number of rotatable bonds is 8. The summed E-state index contributed by atoms with van der Waals surface area (Å²) >= 11 is 3.48. The molecule has 0 fully saturated rings. The zero-order valence-corrected chi connectivity index (χ0v) is 21.6. The molecular formula is C26H23BrN4O6. The average Bonchev–Trinajstić information content (AvgIpc) is 2.90. The van der Waals surface area contributed by atoms with Crippen molar-refractivity contribution in [1.29, 1.82) is 0 Å². The first-order valence-corrected chi connectivity index (χ1v) is 12.1. The molecule has 0 aliphatic rings. The summed E-state index contributed by atoms with van der Waals surface area (Å²) in [6, 6.07) is 20.9. The Hall–Kier alpha value is -4.38. The van der Waals surface area contributed by atoms with Crippen LogP contribution < -0.4 is 9.47 Å². The molecule has 4 aromatic rings. The lowest BCUT2D eigenvalue weighted by Crippen LogP contribution is -1.92. The number of halogens is 1. The highest BCUT2D eigenvalue weighted by atomic mass is 79.9. The highest BCUT2D eigenvalue weighted by Crippen LogP contribution is 2.26. The number of nitro groups is 2. The molecule has 0 amide bonds. The second kappa shape index (κ2) is 13.1. The highest BCUT2D eigenvalue weighted by molar-refractivity contribution is 9.09. The van der Waals surface area contributed by atoms with Gasteiger partial charge in [-0.05, 0) is 48.7 Å². The SMILES string of the molecule is CC(Br)c1ccc(Oc2ccc([N+](=O)[O-])cn2)cc1.CCc1ccc(Oc2ccc([N+](=O)[O-])cn2)cc1. The Bertz CT molecular complexity index is 1310. The van der Waals surface area contributed by atoms with Crippen LogP contribution in [0.3, 0.4) is 0 Å². The summed E-state index contributed by atoms with van der Waals surface area (Å²) in [4.78, 5) is 28.0. The lowest BCUT2D eigenvalue weighted by atomic mass is 10.2. The molecule has 2 aromatic carbocycles. The van der Waals surface area contributed by atoms with Crippen molar-refractivity contribution in [2.24, 2.45) is 0 Å². The fourth-order valence-corrected chi connectivity index (χ4v) is 3.22. The van der Waals surface area contributed by atoms with Crippen molar-refractivity contribution >= 4 is 27.3 Å². The van der Waals surface area contributed by atoms with Crippen molar-refractivity contribution in [3.05, 3.63) is 117 Å². The fourth-order valence-electron chi connectivity index (χ4n) is 2.92. The number of nitrogens with zero attached hydrogens (tertiary/aromatic N) is 4. The van der Waals surface area contributed by atoms with Crippen molar-refractivity contribution in [3.8, 4) is 23.3 Å². The Labute approximate surface area is 221 Å². The summed E-state index contributed by atoms with van der Waals surface area (Å²) in [6.45, 7) is 4.11. The van der Waals surface area contributed by atoms with E-state index in [0.717, 1.165) is 12.0 Å². The first-order valence-electron chi connectivity index (χ1n) is 11.1. The number of pyridine rings is 2. The standard InChI is InChI=1S/C13H11BrN2O3.C13H12N2O3/c1-9(14)10-2-5-12(6-3-10)19-13-7-4-11(8-15-13)16(17)18;1-2-10-3-6-12(7-4-10)18-13-8-5-11(9-14-13)15(16)17/h2-9H,1H3;3-9H,2H2,1H3. The van der Waals surface area contributed by atoms with Gasteiger partial charge in [0.05, 0.1) is 9.85 Å². The minimum Gasteiger partial charge on any atom is -0.439 e. The van der Waals surface area contributed by atoms with Crippen molar-refractivity contribution in [2.45, 2.75) is 25.1 Å². The average molecular weight is 567 g/mol. The van der Waals surface area contributed by atoms with E-state index in [4.69, 9.17) is 9.47 Å². The molecule has 0 aliphatic heterocycles. The monoisotopic (exact) mass is 566 g/mol. The Morgan fingerprint density at radius 2 is 1.19 bits per heavy atom. The van der Waals surface area contributed by atoms with E-state index in [1.807, 2.05) is 55.5 Å². The van der Waals surface area contributed by atoms with Gasteiger partial charge in [0.1, 0.15) is 23.9 Å². The van der Waals surface area contributed by atoms with Gasteiger partial charge in [-0.2, -0.15) is 0 Å². The third-order valence-corrected chi connectivity index (χ3v) is 5.51. The van der Waals surface area contributed by atoms with Crippen LogP contribution in [0.5, 0.6) is 23.3 Å². The third-order valence-electron chi connectivity index (χ3n) is 4.98. The van der Waals surface area contributed by atoms with E-state index in [-0.39, 0.29) is 16.2 Å². The molecule has 1 unspecified atom stereocenters. The van der Waals surface area contributed by atoms with Crippen LogP contribution in [0, 0.1) is 20.2 Å². The maximum absolute atomic E-state index is 10.5. The number of benzene rings is 2. The van der Waals surface area contributed by atoms with Gasteiger partial charge in [-0.1, -0.05) is 47.1 Å². The molecule has 0 saturated carbocycles. The number of aromatic nitrogens is 2. The van der Waals surface area contributed by atoms with Crippen molar-refractivity contribution in [1.82, 2.24) is 9.97 Å². The Kier molecular flexibility index (Phi) is 9.61. The minimum atomic E-state index is -0.497.